The van der Waals surface area contributed by atoms with Crippen molar-refractivity contribution in [3.8, 4) is 0 Å². The molecule has 0 saturated heterocycles. The third kappa shape index (κ3) is 3.49. The maximum absolute atomic E-state index is 6.12. The average molecular weight is 291 g/mol. The summed E-state index contributed by atoms with van der Waals surface area (Å²) in [4.78, 5) is 4.86. The SMILES string of the molecule is CC(C)c1nc2c(n1CCOC1CCCCC1)CCNC2. The van der Waals surface area contributed by atoms with Crippen LogP contribution in [0.15, 0.2) is 0 Å². The second-order valence-corrected chi connectivity index (χ2v) is 6.73. The summed E-state index contributed by atoms with van der Waals surface area (Å²) in [6.45, 7) is 8.26. The highest BCUT2D eigenvalue weighted by Gasteiger charge is 2.21. The maximum atomic E-state index is 6.12. The van der Waals surface area contributed by atoms with Gasteiger partial charge in [0.2, 0.25) is 0 Å². The Balaban J connectivity index is 1.64. The number of nitrogens with zero attached hydrogens (tertiary/aromatic N) is 2. The Labute approximate surface area is 128 Å². The van der Waals surface area contributed by atoms with Crippen LogP contribution in [0.25, 0.3) is 0 Å². The molecule has 0 aromatic carbocycles. The summed E-state index contributed by atoms with van der Waals surface area (Å²) in [5, 5.41) is 3.42. The van der Waals surface area contributed by atoms with Crippen LogP contribution in [0.5, 0.6) is 0 Å². The van der Waals surface area contributed by atoms with Gasteiger partial charge in [-0.25, -0.2) is 4.98 Å². The summed E-state index contributed by atoms with van der Waals surface area (Å²) in [5.74, 6) is 1.71. The molecule has 1 fully saturated rings. The van der Waals surface area contributed by atoms with Crippen molar-refractivity contribution < 1.29 is 4.74 Å². The van der Waals surface area contributed by atoms with Crippen LogP contribution in [0.1, 0.15) is 69.1 Å². The van der Waals surface area contributed by atoms with Crippen molar-refractivity contribution in [1.82, 2.24) is 14.9 Å². The Bertz CT molecular complexity index is 461. The first kappa shape index (κ1) is 15.0. The molecule has 0 atom stereocenters. The number of rotatable bonds is 5. The third-order valence-corrected chi connectivity index (χ3v) is 4.75. The largest absolute Gasteiger partial charge is 0.376 e. The van der Waals surface area contributed by atoms with Gasteiger partial charge in [-0.15, -0.1) is 0 Å². The van der Waals surface area contributed by atoms with E-state index in [9.17, 15) is 0 Å². The highest BCUT2D eigenvalue weighted by atomic mass is 16.5. The van der Waals surface area contributed by atoms with Crippen LogP contribution in [-0.2, 0) is 24.2 Å². The van der Waals surface area contributed by atoms with Crippen molar-refractivity contribution in [2.45, 2.75) is 77.5 Å². The van der Waals surface area contributed by atoms with Gasteiger partial charge in [0.15, 0.2) is 0 Å². The Morgan fingerprint density at radius 1 is 1.29 bits per heavy atom. The molecule has 0 amide bonds. The summed E-state index contributed by atoms with van der Waals surface area (Å²) < 4.78 is 8.55. The number of ether oxygens (including phenoxy) is 1. The van der Waals surface area contributed by atoms with Gasteiger partial charge in [-0.3, -0.25) is 0 Å². The van der Waals surface area contributed by atoms with E-state index < -0.39 is 0 Å². The van der Waals surface area contributed by atoms with Crippen LogP contribution < -0.4 is 5.32 Å². The number of hydrogen-bond acceptors (Lipinski definition) is 3. The van der Waals surface area contributed by atoms with Gasteiger partial charge in [0.05, 0.1) is 18.4 Å². The van der Waals surface area contributed by atoms with Crippen LogP contribution in [0, 0.1) is 0 Å². The molecule has 2 heterocycles. The van der Waals surface area contributed by atoms with Gasteiger partial charge in [-0.1, -0.05) is 33.1 Å². The second-order valence-electron chi connectivity index (χ2n) is 6.73. The van der Waals surface area contributed by atoms with Gasteiger partial charge >= 0.3 is 0 Å². The fraction of sp³-hybridized carbons (Fsp3) is 0.824. The minimum Gasteiger partial charge on any atom is -0.376 e. The normalized spacial score (nSPS) is 20.0. The summed E-state index contributed by atoms with van der Waals surface area (Å²) in [6.07, 6.45) is 8.17. The van der Waals surface area contributed by atoms with E-state index in [-0.39, 0.29) is 0 Å². The number of aromatic nitrogens is 2. The van der Waals surface area contributed by atoms with E-state index in [4.69, 9.17) is 9.72 Å². The van der Waals surface area contributed by atoms with Gasteiger partial charge < -0.3 is 14.6 Å². The predicted molar refractivity (Wildman–Crippen MR) is 84.6 cm³/mol. The number of imidazole rings is 1. The molecule has 1 aromatic heterocycles. The van der Waals surface area contributed by atoms with E-state index >= 15 is 0 Å². The van der Waals surface area contributed by atoms with Crippen molar-refractivity contribution in [3.63, 3.8) is 0 Å². The molecule has 0 bridgehead atoms. The van der Waals surface area contributed by atoms with E-state index in [1.54, 1.807) is 0 Å². The zero-order valence-electron chi connectivity index (χ0n) is 13.5. The summed E-state index contributed by atoms with van der Waals surface area (Å²) in [6, 6.07) is 0. The average Bonchev–Trinajstić information content (AvgIpc) is 2.88. The minimum absolute atomic E-state index is 0.477. The molecule has 2 aliphatic rings. The van der Waals surface area contributed by atoms with Gasteiger partial charge in [-0.05, 0) is 12.8 Å². The standard InChI is InChI=1S/C17H29N3O/c1-13(2)17-19-15-12-18-9-8-16(15)20(17)10-11-21-14-6-4-3-5-7-14/h13-14,18H,3-12H2,1-2H3. The van der Waals surface area contributed by atoms with Crippen LogP contribution >= 0.6 is 0 Å². The number of fused-ring (bicyclic) bond motifs is 1. The number of nitrogens with one attached hydrogen (secondary N) is 1. The lowest BCUT2D eigenvalue weighted by Gasteiger charge is -2.23. The molecule has 1 aromatic rings. The van der Waals surface area contributed by atoms with E-state index in [0.29, 0.717) is 12.0 Å². The molecule has 1 saturated carbocycles. The zero-order valence-corrected chi connectivity index (χ0v) is 13.5. The van der Waals surface area contributed by atoms with E-state index in [2.05, 4.69) is 23.7 Å². The Morgan fingerprint density at radius 3 is 2.86 bits per heavy atom. The van der Waals surface area contributed by atoms with Crippen molar-refractivity contribution in [2.24, 2.45) is 0 Å². The van der Waals surface area contributed by atoms with E-state index in [0.717, 1.165) is 32.7 Å². The molecular formula is C17H29N3O. The zero-order chi connectivity index (χ0) is 14.7. The molecule has 1 N–H and O–H groups in total. The maximum Gasteiger partial charge on any atom is 0.111 e. The van der Waals surface area contributed by atoms with Crippen LogP contribution in [0.2, 0.25) is 0 Å². The lowest BCUT2D eigenvalue weighted by molar-refractivity contribution is 0.0234. The molecule has 1 aliphatic heterocycles. The first-order valence-corrected chi connectivity index (χ1v) is 8.66. The molecule has 0 unspecified atom stereocenters. The topological polar surface area (TPSA) is 39.1 Å². The molecule has 0 radical (unpaired) electrons. The predicted octanol–water partition coefficient (Wildman–Crippen LogP) is 3.00. The molecule has 4 heteroatoms. The molecule has 1 aliphatic carbocycles. The van der Waals surface area contributed by atoms with Crippen LogP contribution in [0.3, 0.4) is 0 Å². The highest BCUT2D eigenvalue weighted by molar-refractivity contribution is 5.21. The van der Waals surface area contributed by atoms with Crippen LogP contribution in [-0.4, -0.2) is 28.8 Å². The fourth-order valence-electron chi connectivity index (χ4n) is 3.62. The fourth-order valence-corrected chi connectivity index (χ4v) is 3.62. The highest BCUT2D eigenvalue weighted by Crippen LogP contribution is 2.23. The molecule has 21 heavy (non-hydrogen) atoms. The summed E-state index contributed by atoms with van der Waals surface area (Å²) >= 11 is 0. The number of hydrogen-bond donors (Lipinski definition) is 1. The Morgan fingerprint density at radius 2 is 2.10 bits per heavy atom. The Hall–Kier alpha value is -0.870. The van der Waals surface area contributed by atoms with Crippen molar-refractivity contribution in [2.75, 3.05) is 13.2 Å². The third-order valence-electron chi connectivity index (χ3n) is 4.75. The van der Waals surface area contributed by atoms with Gasteiger partial charge in [0.1, 0.15) is 5.82 Å². The smallest absolute Gasteiger partial charge is 0.111 e. The van der Waals surface area contributed by atoms with Crippen molar-refractivity contribution in [1.29, 1.82) is 0 Å². The monoisotopic (exact) mass is 291 g/mol. The first-order valence-electron chi connectivity index (χ1n) is 8.66. The van der Waals surface area contributed by atoms with E-state index in [1.807, 2.05) is 0 Å². The molecule has 118 valence electrons. The van der Waals surface area contributed by atoms with Crippen LogP contribution in [0.4, 0.5) is 0 Å². The Kier molecular flexibility index (Phi) is 4.96. The summed E-state index contributed by atoms with van der Waals surface area (Å²) in [7, 11) is 0. The van der Waals surface area contributed by atoms with Gasteiger partial charge in [-0.2, -0.15) is 0 Å². The van der Waals surface area contributed by atoms with Crippen molar-refractivity contribution >= 4 is 0 Å². The second kappa shape index (κ2) is 6.93. The van der Waals surface area contributed by atoms with Gasteiger partial charge in [0.25, 0.3) is 0 Å². The molecule has 3 rings (SSSR count). The van der Waals surface area contributed by atoms with Crippen molar-refractivity contribution in [3.05, 3.63) is 17.2 Å². The molecular weight excluding hydrogens is 262 g/mol. The molecule has 4 nitrogen and oxygen atoms in total. The quantitative estimate of drug-likeness (QED) is 0.906. The van der Waals surface area contributed by atoms with Gasteiger partial charge in [0, 0.05) is 37.7 Å². The van der Waals surface area contributed by atoms with E-state index in [1.165, 1.54) is 49.3 Å². The minimum atomic E-state index is 0.477. The first-order chi connectivity index (χ1) is 10.3. The lowest BCUT2D eigenvalue weighted by Crippen LogP contribution is -2.26. The lowest BCUT2D eigenvalue weighted by atomic mass is 9.98. The molecule has 0 spiro atoms. The summed E-state index contributed by atoms with van der Waals surface area (Å²) in [5.41, 5.74) is 2.69.